The highest BCUT2D eigenvalue weighted by molar-refractivity contribution is 5.44. The first-order chi connectivity index (χ1) is 13.5. The molecule has 0 aliphatic heterocycles. The van der Waals surface area contributed by atoms with E-state index in [1.54, 1.807) is 19.2 Å². The summed E-state index contributed by atoms with van der Waals surface area (Å²) in [6.07, 6.45) is 3.98. The first-order valence-corrected chi connectivity index (χ1v) is 9.69. The number of para-hydroxylation sites is 1. The zero-order valence-corrected chi connectivity index (χ0v) is 16.6. The summed E-state index contributed by atoms with van der Waals surface area (Å²) in [6.45, 7) is 5.13. The van der Waals surface area contributed by atoms with Gasteiger partial charge in [0, 0.05) is 29.4 Å². The van der Waals surface area contributed by atoms with Gasteiger partial charge in [-0.05, 0) is 42.5 Å². The Morgan fingerprint density at radius 1 is 1.18 bits per heavy atom. The number of hydrogen-bond donors (Lipinski definition) is 2. The van der Waals surface area contributed by atoms with Crippen LogP contribution in [0.2, 0.25) is 0 Å². The normalized spacial score (nSPS) is 17.9. The molecule has 2 N–H and O–H groups in total. The van der Waals surface area contributed by atoms with Gasteiger partial charge in [-0.1, -0.05) is 38.1 Å². The predicted octanol–water partition coefficient (Wildman–Crippen LogP) is 4.39. The van der Waals surface area contributed by atoms with Crippen molar-refractivity contribution in [3.63, 3.8) is 0 Å². The molecule has 3 aromatic rings. The molecular weight excluding hydrogens is 350 g/mol. The van der Waals surface area contributed by atoms with E-state index in [0.29, 0.717) is 12.3 Å². The number of benzene rings is 2. The summed E-state index contributed by atoms with van der Waals surface area (Å²) in [5.74, 6) is 0.949. The van der Waals surface area contributed by atoms with E-state index in [0.717, 1.165) is 24.1 Å². The molecule has 1 aliphatic rings. The Kier molecular flexibility index (Phi) is 4.85. The van der Waals surface area contributed by atoms with Gasteiger partial charge in [-0.25, -0.2) is 4.68 Å². The van der Waals surface area contributed by atoms with Crippen LogP contribution in [0.4, 0.5) is 0 Å². The first-order valence-electron chi connectivity index (χ1n) is 9.69. The molecule has 4 rings (SSSR count). The van der Waals surface area contributed by atoms with E-state index >= 15 is 0 Å². The summed E-state index contributed by atoms with van der Waals surface area (Å²) in [7, 11) is 1.63. The molecular formula is C23H27N3O2. The lowest BCUT2D eigenvalue weighted by molar-refractivity contribution is 0.251. The van der Waals surface area contributed by atoms with Crippen molar-refractivity contribution in [2.24, 2.45) is 5.41 Å². The fourth-order valence-electron chi connectivity index (χ4n) is 4.16. The molecule has 5 heteroatoms. The second-order valence-corrected chi connectivity index (χ2v) is 8.23. The lowest BCUT2D eigenvalue weighted by Crippen LogP contribution is -2.33. The van der Waals surface area contributed by atoms with Gasteiger partial charge in [-0.15, -0.1) is 0 Å². The zero-order valence-electron chi connectivity index (χ0n) is 16.6. The number of nitrogens with one attached hydrogen (secondary N) is 1. The quantitative estimate of drug-likeness (QED) is 0.692. The van der Waals surface area contributed by atoms with Crippen LogP contribution < -0.4 is 10.1 Å². The smallest absolute Gasteiger partial charge is 0.127 e. The van der Waals surface area contributed by atoms with Crippen LogP contribution in [0.15, 0.2) is 54.7 Å². The molecule has 1 unspecified atom stereocenters. The molecule has 0 fully saturated rings. The third kappa shape index (κ3) is 3.50. The second-order valence-electron chi connectivity index (χ2n) is 8.23. The van der Waals surface area contributed by atoms with Crippen LogP contribution in [-0.2, 0) is 13.0 Å². The van der Waals surface area contributed by atoms with E-state index in [1.165, 1.54) is 11.3 Å². The minimum Gasteiger partial charge on any atom is -0.507 e. The van der Waals surface area contributed by atoms with Crippen molar-refractivity contribution in [2.75, 3.05) is 7.11 Å². The Morgan fingerprint density at radius 2 is 1.96 bits per heavy atom. The van der Waals surface area contributed by atoms with Crippen molar-refractivity contribution in [3.8, 4) is 17.2 Å². The summed E-state index contributed by atoms with van der Waals surface area (Å²) in [4.78, 5) is 0. The Bertz CT molecular complexity index is 963. The minimum absolute atomic E-state index is 0.153. The van der Waals surface area contributed by atoms with Crippen molar-refractivity contribution in [2.45, 2.75) is 39.3 Å². The summed E-state index contributed by atoms with van der Waals surface area (Å²) in [5.41, 5.74) is 4.51. The lowest BCUT2D eigenvalue weighted by atomic mass is 9.74. The standard InChI is InChI=1S/C23H27N3O2/c1-23(2)12-19(24-14-18-21(27)10-7-11-22(18)28-3)17-15-25-26(20(17)13-23)16-8-5-4-6-9-16/h4-11,15,19,24,27H,12-14H2,1-3H3. The Morgan fingerprint density at radius 3 is 2.71 bits per heavy atom. The maximum Gasteiger partial charge on any atom is 0.127 e. The molecule has 146 valence electrons. The number of rotatable bonds is 5. The van der Waals surface area contributed by atoms with Gasteiger partial charge in [0.15, 0.2) is 0 Å². The number of phenolic OH excluding ortho intramolecular Hbond substituents is 1. The van der Waals surface area contributed by atoms with Gasteiger partial charge >= 0.3 is 0 Å². The number of aromatic hydroxyl groups is 1. The van der Waals surface area contributed by atoms with Crippen molar-refractivity contribution >= 4 is 0 Å². The summed E-state index contributed by atoms with van der Waals surface area (Å²) >= 11 is 0. The topological polar surface area (TPSA) is 59.3 Å². The van der Waals surface area contributed by atoms with Crippen LogP contribution in [0, 0.1) is 5.41 Å². The Hall–Kier alpha value is -2.79. The SMILES string of the molecule is COc1cccc(O)c1CNC1CC(C)(C)Cc2c1cnn2-c1ccccc1. The van der Waals surface area contributed by atoms with Crippen LogP contribution in [0.5, 0.6) is 11.5 Å². The van der Waals surface area contributed by atoms with Gasteiger partial charge in [0.2, 0.25) is 0 Å². The number of fused-ring (bicyclic) bond motifs is 1. The second kappa shape index (κ2) is 7.32. The molecule has 2 aromatic carbocycles. The van der Waals surface area contributed by atoms with Gasteiger partial charge < -0.3 is 15.2 Å². The number of ether oxygens (including phenoxy) is 1. The maximum absolute atomic E-state index is 10.3. The average Bonchev–Trinajstić information content (AvgIpc) is 3.10. The fourth-order valence-corrected chi connectivity index (χ4v) is 4.16. The molecule has 1 heterocycles. The third-order valence-corrected chi connectivity index (χ3v) is 5.53. The van der Waals surface area contributed by atoms with Crippen molar-refractivity contribution in [1.29, 1.82) is 0 Å². The lowest BCUT2D eigenvalue weighted by Gasteiger charge is -2.36. The molecule has 0 spiro atoms. The van der Waals surface area contributed by atoms with Gasteiger partial charge in [-0.3, -0.25) is 0 Å². The highest BCUT2D eigenvalue weighted by atomic mass is 16.5. The van der Waals surface area contributed by atoms with Gasteiger partial charge in [0.25, 0.3) is 0 Å². The average molecular weight is 377 g/mol. The van der Waals surface area contributed by atoms with Crippen molar-refractivity contribution < 1.29 is 9.84 Å². The van der Waals surface area contributed by atoms with Crippen molar-refractivity contribution in [1.82, 2.24) is 15.1 Å². The number of phenols is 1. The summed E-state index contributed by atoms with van der Waals surface area (Å²) in [6, 6.07) is 15.8. The summed E-state index contributed by atoms with van der Waals surface area (Å²) in [5, 5.41) is 18.6. The van der Waals surface area contributed by atoms with E-state index in [4.69, 9.17) is 9.84 Å². The van der Waals surface area contributed by atoms with E-state index in [-0.39, 0.29) is 17.2 Å². The molecule has 0 saturated carbocycles. The van der Waals surface area contributed by atoms with E-state index < -0.39 is 0 Å². The molecule has 0 amide bonds. The molecule has 1 aromatic heterocycles. The number of hydrogen-bond acceptors (Lipinski definition) is 4. The maximum atomic E-state index is 10.3. The molecule has 28 heavy (non-hydrogen) atoms. The fraction of sp³-hybridized carbons (Fsp3) is 0.348. The Labute approximate surface area is 166 Å². The molecule has 1 atom stereocenters. The van der Waals surface area contributed by atoms with Crippen LogP contribution >= 0.6 is 0 Å². The number of nitrogens with zero attached hydrogens (tertiary/aromatic N) is 2. The van der Waals surface area contributed by atoms with E-state index in [9.17, 15) is 5.11 Å². The highest BCUT2D eigenvalue weighted by Gasteiger charge is 2.35. The molecule has 0 radical (unpaired) electrons. The van der Waals surface area contributed by atoms with Gasteiger partial charge in [-0.2, -0.15) is 5.10 Å². The molecule has 0 saturated heterocycles. The van der Waals surface area contributed by atoms with Crippen LogP contribution in [0.1, 0.15) is 43.1 Å². The zero-order chi connectivity index (χ0) is 19.7. The molecule has 0 bridgehead atoms. The largest absolute Gasteiger partial charge is 0.507 e. The predicted molar refractivity (Wildman–Crippen MR) is 110 cm³/mol. The Balaban J connectivity index is 1.64. The van der Waals surface area contributed by atoms with Gasteiger partial charge in [0.05, 0.1) is 19.0 Å². The van der Waals surface area contributed by atoms with E-state index in [2.05, 4.69) is 36.0 Å². The van der Waals surface area contributed by atoms with Crippen molar-refractivity contribution in [3.05, 3.63) is 71.5 Å². The highest BCUT2D eigenvalue weighted by Crippen LogP contribution is 2.42. The van der Waals surface area contributed by atoms with Crippen LogP contribution in [-0.4, -0.2) is 22.0 Å². The molecule has 5 nitrogen and oxygen atoms in total. The van der Waals surface area contributed by atoms with Crippen LogP contribution in [0.25, 0.3) is 5.69 Å². The monoisotopic (exact) mass is 377 g/mol. The number of methoxy groups -OCH3 is 1. The first kappa shape index (κ1) is 18.6. The van der Waals surface area contributed by atoms with Crippen LogP contribution in [0.3, 0.4) is 0 Å². The van der Waals surface area contributed by atoms with E-state index in [1.807, 2.05) is 30.5 Å². The minimum atomic E-state index is 0.153. The summed E-state index contributed by atoms with van der Waals surface area (Å²) < 4.78 is 7.48. The molecule has 1 aliphatic carbocycles. The van der Waals surface area contributed by atoms with Gasteiger partial charge in [0.1, 0.15) is 11.5 Å². The third-order valence-electron chi connectivity index (χ3n) is 5.53. The number of aromatic nitrogens is 2.